The first-order valence-electron chi connectivity index (χ1n) is 11.4. The lowest BCUT2D eigenvalue weighted by molar-refractivity contribution is 0.303. The van der Waals surface area contributed by atoms with E-state index in [4.69, 9.17) is 9.47 Å². The van der Waals surface area contributed by atoms with Gasteiger partial charge in [0.1, 0.15) is 11.5 Å². The van der Waals surface area contributed by atoms with E-state index in [2.05, 4.69) is 90.1 Å². The first kappa shape index (κ1) is 24.8. The predicted molar refractivity (Wildman–Crippen MR) is 137 cm³/mol. The molecule has 2 rings (SSSR count). The van der Waals surface area contributed by atoms with Gasteiger partial charge in [0, 0.05) is 23.4 Å². The van der Waals surface area contributed by atoms with Crippen LogP contribution in [0.15, 0.2) is 48.5 Å². The molecule has 0 aliphatic heterocycles. The van der Waals surface area contributed by atoms with Crippen LogP contribution in [0.5, 0.6) is 11.5 Å². The van der Waals surface area contributed by atoms with Gasteiger partial charge < -0.3 is 14.4 Å². The fourth-order valence-electron chi connectivity index (χ4n) is 3.37. The van der Waals surface area contributed by atoms with Crippen LogP contribution in [0.2, 0.25) is 0 Å². The maximum Gasteiger partial charge on any atom is 0.119 e. The molecule has 0 fully saturated rings. The monoisotopic (exact) mass is 523 g/mol. The Morgan fingerprint density at radius 3 is 1.33 bits per heavy atom. The van der Waals surface area contributed by atoms with Crippen molar-refractivity contribution in [1.82, 2.24) is 0 Å². The summed E-state index contributed by atoms with van der Waals surface area (Å²) in [5.74, 6) is 1.97. The van der Waals surface area contributed by atoms with Gasteiger partial charge in [-0.1, -0.05) is 51.4 Å². The number of ether oxygens (including phenoxy) is 2. The van der Waals surface area contributed by atoms with Crippen LogP contribution in [0.3, 0.4) is 0 Å². The molecule has 0 spiro atoms. The van der Waals surface area contributed by atoms with Crippen molar-refractivity contribution >= 4 is 28.3 Å². The highest BCUT2D eigenvalue weighted by molar-refractivity contribution is 14.1. The standard InChI is InChI=1S/C26H38INO2/c1-28(2)24-15-19-26(20-16-24)30-22-12-10-8-6-4-3-5-7-9-11-21-29-25-17-13-23(27)14-18-25/h13-20H,3-12,21-22H2,1-2H3. The molecule has 0 heterocycles. The molecule has 30 heavy (non-hydrogen) atoms. The zero-order chi connectivity index (χ0) is 21.4. The average molecular weight is 523 g/mol. The van der Waals surface area contributed by atoms with Gasteiger partial charge in [0.2, 0.25) is 0 Å². The van der Waals surface area contributed by atoms with Crippen LogP contribution in [-0.4, -0.2) is 27.3 Å². The van der Waals surface area contributed by atoms with Gasteiger partial charge in [0.25, 0.3) is 0 Å². The van der Waals surface area contributed by atoms with Crippen molar-refractivity contribution in [3.63, 3.8) is 0 Å². The van der Waals surface area contributed by atoms with E-state index in [1.54, 1.807) is 0 Å². The first-order valence-corrected chi connectivity index (χ1v) is 12.5. The van der Waals surface area contributed by atoms with Gasteiger partial charge in [-0.3, -0.25) is 0 Å². The average Bonchev–Trinajstić information content (AvgIpc) is 2.75. The summed E-state index contributed by atoms with van der Waals surface area (Å²) in [6, 6.07) is 16.6. The first-order chi connectivity index (χ1) is 14.6. The molecule has 2 aromatic rings. The van der Waals surface area contributed by atoms with Gasteiger partial charge in [-0.05, 0) is 84.0 Å². The second-order valence-corrected chi connectivity index (χ2v) is 9.32. The van der Waals surface area contributed by atoms with Crippen LogP contribution in [0.4, 0.5) is 5.69 Å². The predicted octanol–water partition coefficient (Wildman–Crippen LogP) is 7.72. The molecule has 0 amide bonds. The molecule has 166 valence electrons. The lowest BCUT2D eigenvalue weighted by Crippen LogP contribution is -2.08. The maximum absolute atomic E-state index is 5.84. The SMILES string of the molecule is CN(C)c1ccc(OCCCCCCCCCCCCOc2ccc(I)cc2)cc1. The van der Waals surface area contributed by atoms with E-state index in [-0.39, 0.29) is 0 Å². The topological polar surface area (TPSA) is 21.7 Å². The Labute approximate surface area is 197 Å². The van der Waals surface area contributed by atoms with Gasteiger partial charge in [-0.2, -0.15) is 0 Å². The van der Waals surface area contributed by atoms with E-state index < -0.39 is 0 Å². The van der Waals surface area contributed by atoms with Crippen LogP contribution in [0.1, 0.15) is 64.2 Å². The second-order valence-electron chi connectivity index (χ2n) is 8.07. The molecule has 0 unspecified atom stereocenters. The molecule has 2 aromatic carbocycles. The summed E-state index contributed by atoms with van der Waals surface area (Å²) in [4.78, 5) is 2.10. The Balaban J connectivity index is 1.33. The molecule has 0 saturated carbocycles. The smallest absolute Gasteiger partial charge is 0.119 e. The van der Waals surface area contributed by atoms with Crippen molar-refractivity contribution in [2.75, 3.05) is 32.2 Å². The molecule has 3 nitrogen and oxygen atoms in total. The maximum atomic E-state index is 5.84. The Morgan fingerprint density at radius 2 is 0.933 bits per heavy atom. The van der Waals surface area contributed by atoms with Crippen molar-refractivity contribution in [3.05, 3.63) is 52.1 Å². The Kier molecular flexibility index (Phi) is 12.7. The molecule has 0 N–H and O–H groups in total. The fraction of sp³-hybridized carbons (Fsp3) is 0.538. The molecule has 0 atom stereocenters. The number of halogens is 1. The highest BCUT2D eigenvalue weighted by atomic mass is 127. The zero-order valence-electron chi connectivity index (χ0n) is 18.7. The minimum absolute atomic E-state index is 0.825. The van der Waals surface area contributed by atoms with Crippen LogP contribution in [-0.2, 0) is 0 Å². The third-order valence-corrected chi connectivity index (χ3v) is 5.96. The summed E-state index contributed by atoms with van der Waals surface area (Å²) in [6.45, 7) is 1.66. The third kappa shape index (κ3) is 11.1. The van der Waals surface area contributed by atoms with Crippen molar-refractivity contribution in [2.24, 2.45) is 0 Å². The van der Waals surface area contributed by atoms with E-state index in [1.807, 2.05) is 0 Å². The van der Waals surface area contributed by atoms with Gasteiger partial charge in [-0.25, -0.2) is 0 Å². The molecule has 0 aliphatic carbocycles. The number of unbranched alkanes of at least 4 members (excludes halogenated alkanes) is 9. The molecular weight excluding hydrogens is 485 g/mol. The van der Waals surface area contributed by atoms with Crippen LogP contribution >= 0.6 is 22.6 Å². The normalized spacial score (nSPS) is 10.8. The van der Waals surface area contributed by atoms with Crippen molar-refractivity contribution in [1.29, 1.82) is 0 Å². The van der Waals surface area contributed by atoms with Gasteiger partial charge >= 0.3 is 0 Å². The van der Waals surface area contributed by atoms with E-state index in [0.29, 0.717) is 0 Å². The molecule has 0 aromatic heterocycles. The summed E-state index contributed by atoms with van der Waals surface area (Å²) >= 11 is 2.32. The van der Waals surface area contributed by atoms with E-state index >= 15 is 0 Å². The van der Waals surface area contributed by atoms with E-state index in [0.717, 1.165) is 37.6 Å². The number of rotatable bonds is 16. The highest BCUT2D eigenvalue weighted by Crippen LogP contribution is 2.18. The van der Waals surface area contributed by atoms with Crippen LogP contribution in [0.25, 0.3) is 0 Å². The van der Waals surface area contributed by atoms with Gasteiger partial charge in [0.15, 0.2) is 0 Å². The summed E-state index contributed by atoms with van der Waals surface area (Å²) in [5, 5.41) is 0. The molecular formula is C26H38INO2. The quantitative estimate of drug-likeness (QED) is 0.166. The number of nitrogens with zero attached hydrogens (tertiary/aromatic N) is 1. The molecule has 4 heteroatoms. The van der Waals surface area contributed by atoms with Crippen molar-refractivity contribution in [3.8, 4) is 11.5 Å². The fourth-order valence-corrected chi connectivity index (χ4v) is 3.73. The van der Waals surface area contributed by atoms with Crippen LogP contribution in [0, 0.1) is 3.57 Å². The number of anilines is 1. The lowest BCUT2D eigenvalue weighted by atomic mass is 10.1. The number of hydrogen-bond donors (Lipinski definition) is 0. The Bertz CT molecular complexity index is 670. The minimum Gasteiger partial charge on any atom is -0.494 e. The Hall–Kier alpha value is -1.43. The minimum atomic E-state index is 0.825. The van der Waals surface area contributed by atoms with Gasteiger partial charge in [0.05, 0.1) is 13.2 Å². The van der Waals surface area contributed by atoms with E-state index in [1.165, 1.54) is 60.6 Å². The summed E-state index contributed by atoms with van der Waals surface area (Å²) in [7, 11) is 4.11. The van der Waals surface area contributed by atoms with Crippen molar-refractivity contribution < 1.29 is 9.47 Å². The largest absolute Gasteiger partial charge is 0.494 e. The third-order valence-electron chi connectivity index (χ3n) is 5.24. The lowest BCUT2D eigenvalue weighted by Gasteiger charge is -2.13. The Morgan fingerprint density at radius 1 is 0.567 bits per heavy atom. The number of hydrogen-bond acceptors (Lipinski definition) is 3. The van der Waals surface area contributed by atoms with Gasteiger partial charge in [-0.15, -0.1) is 0 Å². The zero-order valence-corrected chi connectivity index (χ0v) is 20.9. The molecule has 0 aliphatic rings. The van der Waals surface area contributed by atoms with E-state index in [9.17, 15) is 0 Å². The molecule has 0 radical (unpaired) electrons. The number of benzene rings is 2. The summed E-state index contributed by atoms with van der Waals surface area (Å²) in [6.07, 6.45) is 13.0. The van der Waals surface area contributed by atoms with Crippen LogP contribution < -0.4 is 14.4 Å². The molecule has 0 bridgehead atoms. The second kappa shape index (κ2) is 15.4. The van der Waals surface area contributed by atoms with Crippen molar-refractivity contribution in [2.45, 2.75) is 64.2 Å². The summed E-state index contributed by atoms with van der Waals surface area (Å²) < 4.78 is 12.9. The highest BCUT2D eigenvalue weighted by Gasteiger charge is 1.98. The molecule has 0 saturated heterocycles. The summed E-state index contributed by atoms with van der Waals surface area (Å²) in [5.41, 5.74) is 1.21.